The smallest absolute Gasteiger partial charge is 0.385 e. The molecule has 0 spiro atoms. The predicted octanol–water partition coefficient (Wildman–Crippen LogP) is 3.24. The lowest BCUT2D eigenvalue weighted by atomic mass is 10.2. The first-order valence-electron chi connectivity index (χ1n) is 6.36. The first-order chi connectivity index (χ1) is 9.88. The van der Waals surface area contributed by atoms with Crippen LogP contribution in [0.5, 0.6) is 0 Å². The second kappa shape index (κ2) is 8.41. The number of nitrogens with zero attached hydrogens (tertiary/aromatic N) is 2. The highest BCUT2D eigenvalue weighted by molar-refractivity contribution is 6.29. The van der Waals surface area contributed by atoms with Crippen molar-refractivity contribution in [3.8, 4) is 0 Å². The summed E-state index contributed by atoms with van der Waals surface area (Å²) in [6.07, 6.45) is -3.80. The maximum absolute atomic E-state index is 12.8. The van der Waals surface area contributed by atoms with Crippen LogP contribution in [-0.2, 0) is 15.7 Å². The predicted molar refractivity (Wildman–Crippen MR) is 74.8 cm³/mol. The van der Waals surface area contributed by atoms with Crippen LogP contribution in [0.3, 0.4) is 0 Å². The van der Waals surface area contributed by atoms with E-state index >= 15 is 0 Å². The molecule has 0 aliphatic carbocycles. The van der Waals surface area contributed by atoms with Gasteiger partial charge in [-0.1, -0.05) is 11.6 Å². The molecule has 0 atom stereocenters. The lowest BCUT2D eigenvalue weighted by Crippen LogP contribution is -2.30. The minimum atomic E-state index is -4.46. The largest absolute Gasteiger partial charge is 0.416 e. The average molecular weight is 327 g/mol. The van der Waals surface area contributed by atoms with E-state index in [2.05, 4.69) is 4.98 Å². The third kappa shape index (κ3) is 6.07. The van der Waals surface area contributed by atoms with E-state index in [9.17, 15) is 13.2 Å². The molecule has 0 saturated heterocycles. The second-order valence-corrected chi connectivity index (χ2v) is 4.75. The van der Waals surface area contributed by atoms with Gasteiger partial charge >= 0.3 is 6.18 Å². The average Bonchev–Trinajstić information content (AvgIpc) is 2.41. The van der Waals surface area contributed by atoms with Crippen LogP contribution < -0.4 is 4.90 Å². The van der Waals surface area contributed by atoms with Crippen molar-refractivity contribution in [2.24, 2.45) is 0 Å². The third-order valence-electron chi connectivity index (χ3n) is 2.77. The first kappa shape index (κ1) is 18.0. The van der Waals surface area contributed by atoms with E-state index in [-0.39, 0.29) is 11.0 Å². The van der Waals surface area contributed by atoms with Crippen molar-refractivity contribution in [3.05, 3.63) is 22.8 Å². The molecule has 1 aromatic heterocycles. The monoisotopic (exact) mass is 326 g/mol. The maximum atomic E-state index is 12.8. The number of aromatic nitrogens is 1. The Morgan fingerprint density at radius 3 is 2.38 bits per heavy atom. The third-order valence-corrected chi connectivity index (χ3v) is 2.97. The highest BCUT2D eigenvalue weighted by Gasteiger charge is 2.32. The number of alkyl halides is 3. The van der Waals surface area contributed by atoms with Crippen LogP contribution in [0.2, 0.25) is 5.15 Å². The van der Waals surface area contributed by atoms with Crippen molar-refractivity contribution in [3.63, 3.8) is 0 Å². The van der Waals surface area contributed by atoms with Gasteiger partial charge in [-0.05, 0) is 18.6 Å². The SMILES string of the molecule is COCCCN(CCOC)c1cc(C(F)(F)F)cc(Cl)n1. The van der Waals surface area contributed by atoms with Gasteiger partial charge in [0.25, 0.3) is 0 Å². The standard InChI is InChI=1S/C13H18ClF3N2O2/c1-20-6-3-4-19(5-7-21-2)12-9-10(13(15,16)17)8-11(14)18-12/h8-9H,3-7H2,1-2H3. The minimum Gasteiger partial charge on any atom is -0.385 e. The summed E-state index contributed by atoms with van der Waals surface area (Å²) in [6.45, 7) is 1.81. The number of hydrogen-bond acceptors (Lipinski definition) is 4. The van der Waals surface area contributed by atoms with Crippen LogP contribution in [0.4, 0.5) is 19.0 Å². The normalized spacial score (nSPS) is 11.7. The van der Waals surface area contributed by atoms with Gasteiger partial charge in [-0.25, -0.2) is 4.98 Å². The Bertz CT molecular complexity index is 444. The van der Waals surface area contributed by atoms with Crippen LogP contribution in [0, 0.1) is 0 Å². The number of pyridine rings is 1. The van der Waals surface area contributed by atoms with Crippen molar-refractivity contribution in [2.45, 2.75) is 12.6 Å². The summed E-state index contributed by atoms with van der Waals surface area (Å²) >= 11 is 5.70. The van der Waals surface area contributed by atoms with Gasteiger partial charge < -0.3 is 14.4 Å². The van der Waals surface area contributed by atoms with Gasteiger partial charge in [0.2, 0.25) is 0 Å². The zero-order chi connectivity index (χ0) is 15.9. The van der Waals surface area contributed by atoms with Crippen LogP contribution in [-0.4, -0.2) is 45.5 Å². The van der Waals surface area contributed by atoms with Gasteiger partial charge in [0.05, 0.1) is 12.2 Å². The molecule has 120 valence electrons. The van der Waals surface area contributed by atoms with Gasteiger partial charge in [-0.3, -0.25) is 0 Å². The Morgan fingerprint density at radius 1 is 1.14 bits per heavy atom. The molecular weight excluding hydrogens is 309 g/mol. The van der Waals surface area contributed by atoms with Gasteiger partial charge in [-0.15, -0.1) is 0 Å². The lowest BCUT2D eigenvalue weighted by Gasteiger charge is -2.24. The Balaban J connectivity index is 2.96. The Hall–Kier alpha value is -1.05. The highest BCUT2D eigenvalue weighted by Crippen LogP contribution is 2.32. The highest BCUT2D eigenvalue weighted by atomic mass is 35.5. The number of methoxy groups -OCH3 is 2. The van der Waals surface area contributed by atoms with E-state index < -0.39 is 11.7 Å². The number of ether oxygens (including phenoxy) is 2. The van der Waals surface area contributed by atoms with Crippen molar-refractivity contribution in [1.29, 1.82) is 0 Å². The Morgan fingerprint density at radius 2 is 1.81 bits per heavy atom. The number of anilines is 1. The molecular formula is C13H18ClF3N2O2. The van der Waals surface area contributed by atoms with Crippen LogP contribution in [0.15, 0.2) is 12.1 Å². The molecule has 0 bridgehead atoms. The molecule has 0 saturated carbocycles. The molecule has 4 nitrogen and oxygen atoms in total. The summed E-state index contributed by atoms with van der Waals surface area (Å²) in [5.41, 5.74) is -0.813. The summed E-state index contributed by atoms with van der Waals surface area (Å²) in [5, 5.41) is -0.186. The van der Waals surface area contributed by atoms with E-state index in [1.165, 1.54) is 7.11 Å². The molecule has 0 fully saturated rings. The van der Waals surface area contributed by atoms with Gasteiger partial charge in [-0.2, -0.15) is 13.2 Å². The molecule has 0 radical (unpaired) electrons. The van der Waals surface area contributed by atoms with Crippen molar-refractivity contribution in [1.82, 2.24) is 4.98 Å². The zero-order valence-electron chi connectivity index (χ0n) is 11.9. The topological polar surface area (TPSA) is 34.6 Å². The fourth-order valence-corrected chi connectivity index (χ4v) is 1.95. The van der Waals surface area contributed by atoms with Crippen LogP contribution in [0.25, 0.3) is 0 Å². The summed E-state index contributed by atoms with van der Waals surface area (Å²) < 4.78 is 48.4. The van der Waals surface area contributed by atoms with Gasteiger partial charge in [0.1, 0.15) is 11.0 Å². The van der Waals surface area contributed by atoms with Gasteiger partial charge in [0.15, 0.2) is 0 Å². The van der Waals surface area contributed by atoms with E-state index in [1.54, 1.807) is 12.0 Å². The molecule has 0 amide bonds. The number of hydrogen-bond donors (Lipinski definition) is 0. The molecule has 0 aliphatic heterocycles. The summed E-state index contributed by atoms with van der Waals surface area (Å²) in [7, 11) is 3.10. The fraction of sp³-hybridized carbons (Fsp3) is 0.615. The first-order valence-corrected chi connectivity index (χ1v) is 6.74. The molecule has 21 heavy (non-hydrogen) atoms. The van der Waals surface area contributed by atoms with E-state index in [0.29, 0.717) is 32.7 Å². The summed E-state index contributed by atoms with van der Waals surface area (Å²) in [6, 6.07) is 1.81. The molecule has 0 aliphatic rings. The van der Waals surface area contributed by atoms with Crippen molar-refractivity contribution in [2.75, 3.05) is 45.4 Å². The summed E-state index contributed by atoms with van der Waals surface area (Å²) in [4.78, 5) is 5.67. The number of rotatable bonds is 8. The maximum Gasteiger partial charge on any atom is 0.416 e. The zero-order valence-corrected chi connectivity index (χ0v) is 12.7. The quantitative estimate of drug-likeness (QED) is 0.542. The van der Waals surface area contributed by atoms with E-state index in [1.807, 2.05) is 0 Å². The van der Waals surface area contributed by atoms with Crippen molar-refractivity contribution >= 4 is 17.4 Å². The second-order valence-electron chi connectivity index (χ2n) is 4.36. The van der Waals surface area contributed by atoms with Crippen LogP contribution >= 0.6 is 11.6 Å². The van der Waals surface area contributed by atoms with E-state index in [0.717, 1.165) is 12.1 Å². The lowest BCUT2D eigenvalue weighted by molar-refractivity contribution is -0.137. The molecule has 0 unspecified atom stereocenters. The van der Waals surface area contributed by atoms with Crippen LogP contribution in [0.1, 0.15) is 12.0 Å². The molecule has 0 N–H and O–H groups in total. The number of halogens is 4. The molecule has 8 heteroatoms. The molecule has 1 rings (SSSR count). The molecule has 0 aromatic carbocycles. The van der Waals surface area contributed by atoms with Crippen molar-refractivity contribution < 1.29 is 22.6 Å². The Kier molecular flexibility index (Phi) is 7.21. The van der Waals surface area contributed by atoms with E-state index in [4.69, 9.17) is 21.1 Å². The summed E-state index contributed by atoms with van der Waals surface area (Å²) in [5.74, 6) is 0.183. The fourth-order valence-electron chi connectivity index (χ4n) is 1.75. The minimum absolute atomic E-state index is 0.183. The molecule has 1 aromatic rings. The molecule has 1 heterocycles. The van der Waals surface area contributed by atoms with Gasteiger partial charge in [0, 0.05) is 33.9 Å². The Labute approximate surface area is 126 Å².